The van der Waals surface area contributed by atoms with Gasteiger partial charge in [-0.3, -0.25) is 9.59 Å². The van der Waals surface area contributed by atoms with Crippen molar-refractivity contribution in [3.05, 3.63) is 83.7 Å². The topological polar surface area (TPSA) is 98.6 Å². The van der Waals surface area contributed by atoms with Gasteiger partial charge in [-0.15, -0.1) is 5.10 Å². The Labute approximate surface area is 232 Å². The van der Waals surface area contributed by atoms with E-state index in [1.54, 1.807) is 30.3 Å². The molecule has 0 spiro atoms. The van der Waals surface area contributed by atoms with Crippen molar-refractivity contribution >= 4 is 22.8 Å². The molecule has 0 saturated heterocycles. The first-order chi connectivity index (χ1) is 19.3. The first-order valence-corrected chi connectivity index (χ1v) is 13.1. The van der Waals surface area contributed by atoms with Crippen LogP contribution in [-0.4, -0.2) is 52.5 Å². The van der Waals surface area contributed by atoms with Crippen molar-refractivity contribution < 1.29 is 23.5 Å². The lowest BCUT2D eigenvalue weighted by Crippen LogP contribution is -2.45. The lowest BCUT2D eigenvalue weighted by molar-refractivity contribution is -0.142. The van der Waals surface area contributed by atoms with E-state index >= 15 is 0 Å². The molecule has 9 nitrogen and oxygen atoms in total. The van der Waals surface area contributed by atoms with Gasteiger partial charge in [0.25, 0.3) is 0 Å². The van der Waals surface area contributed by atoms with Gasteiger partial charge in [0, 0.05) is 18.7 Å². The normalized spacial score (nSPS) is 11.8. The van der Waals surface area contributed by atoms with E-state index in [9.17, 15) is 14.0 Å². The molecule has 0 aliphatic heterocycles. The molecule has 1 aromatic heterocycles. The van der Waals surface area contributed by atoms with Gasteiger partial charge in [-0.1, -0.05) is 55.5 Å². The molecule has 1 N–H and O–H groups in total. The zero-order chi connectivity index (χ0) is 28.6. The molecule has 4 aromatic rings. The smallest absolute Gasteiger partial charge is 0.247 e. The van der Waals surface area contributed by atoms with Crippen LogP contribution >= 0.6 is 0 Å². The molecule has 0 radical (unpaired) electrons. The van der Waals surface area contributed by atoms with Gasteiger partial charge in [-0.2, -0.15) is 0 Å². The Kier molecular flexibility index (Phi) is 9.31. The fourth-order valence-corrected chi connectivity index (χ4v) is 4.52. The third-order valence-electron chi connectivity index (χ3n) is 6.60. The van der Waals surface area contributed by atoms with Crippen LogP contribution in [0.3, 0.4) is 0 Å². The minimum Gasteiger partial charge on any atom is -0.493 e. The van der Waals surface area contributed by atoms with E-state index in [0.29, 0.717) is 46.1 Å². The first-order valence-electron chi connectivity index (χ1n) is 13.1. The molecular weight excluding hydrogens is 513 g/mol. The summed E-state index contributed by atoms with van der Waals surface area (Å²) in [5.74, 6) is 0.00401. The molecule has 0 unspecified atom stereocenters. The predicted molar refractivity (Wildman–Crippen MR) is 149 cm³/mol. The Balaban J connectivity index is 1.80. The van der Waals surface area contributed by atoms with Crippen molar-refractivity contribution in [2.45, 2.75) is 39.4 Å². The summed E-state index contributed by atoms with van der Waals surface area (Å²) >= 11 is 0. The third-order valence-corrected chi connectivity index (χ3v) is 6.60. The summed E-state index contributed by atoms with van der Waals surface area (Å²) in [5, 5.41) is 11.3. The maximum absolute atomic E-state index is 14.1. The van der Waals surface area contributed by atoms with Gasteiger partial charge in [0.05, 0.1) is 19.7 Å². The van der Waals surface area contributed by atoms with Crippen LogP contribution in [0.1, 0.15) is 37.4 Å². The van der Waals surface area contributed by atoms with Crippen LogP contribution in [0.5, 0.6) is 11.5 Å². The molecule has 210 valence electrons. The number of methoxy groups -OCH3 is 2. The first kappa shape index (κ1) is 28.5. The predicted octanol–water partition coefficient (Wildman–Crippen LogP) is 4.52. The number of benzene rings is 3. The molecule has 0 aliphatic rings. The van der Waals surface area contributed by atoms with E-state index in [4.69, 9.17) is 9.47 Å². The highest BCUT2D eigenvalue weighted by Crippen LogP contribution is 2.38. The van der Waals surface area contributed by atoms with E-state index in [1.165, 1.54) is 35.9 Å². The lowest BCUT2D eigenvalue weighted by atomic mass is 10.0. The fourth-order valence-electron chi connectivity index (χ4n) is 4.52. The van der Waals surface area contributed by atoms with Crippen molar-refractivity contribution in [2.24, 2.45) is 5.92 Å². The van der Waals surface area contributed by atoms with E-state index < -0.39 is 11.9 Å². The highest BCUT2D eigenvalue weighted by molar-refractivity contribution is 5.90. The largest absolute Gasteiger partial charge is 0.493 e. The van der Waals surface area contributed by atoms with Gasteiger partial charge in [0.15, 0.2) is 11.5 Å². The van der Waals surface area contributed by atoms with Crippen molar-refractivity contribution in [1.82, 2.24) is 25.2 Å². The second-order valence-electron chi connectivity index (χ2n) is 9.84. The molecule has 0 bridgehead atoms. The number of hydrogen-bond donors (Lipinski definition) is 1. The summed E-state index contributed by atoms with van der Waals surface area (Å²) in [4.78, 5) is 29.5. The number of para-hydroxylation sites is 2. The SMILES string of the molecule is COc1cccc([C@H](C(=O)NCCC(C)C)N(Cc2ccc(F)cc2)C(=O)Cn2nnc3ccccc32)c1OC. The molecular formula is C30H34FN5O4. The second kappa shape index (κ2) is 13.1. The summed E-state index contributed by atoms with van der Waals surface area (Å²) in [6, 6.07) is 17.3. The van der Waals surface area contributed by atoms with Crippen LogP contribution in [0.4, 0.5) is 4.39 Å². The minimum absolute atomic E-state index is 0.0361. The highest BCUT2D eigenvalue weighted by Gasteiger charge is 2.35. The summed E-state index contributed by atoms with van der Waals surface area (Å²) in [7, 11) is 3.00. The summed E-state index contributed by atoms with van der Waals surface area (Å²) in [5.41, 5.74) is 2.45. The van der Waals surface area contributed by atoms with Crippen molar-refractivity contribution in [3.63, 3.8) is 0 Å². The number of rotatable bonds is 12. The number of carbonyl (C=O) groups is 2. The van der Waals surface area contributed by atoms with E-state index in [2.05, 4.69) is 29.5 Å². The monoisotopic (exact) mass is 547 g/mol. The molecule has 1 heterocycles. The fraction of sp³-hybridized carbons (Fsp3) is 0.333. The molecule has 3 aromatic carbocycles. The van der Waals surface area contributed by atoms with Crippen LogP contribution in [0.2, 0.25) is 0 Å². The van der Waals surface area contributed by atoms with Crippen molar-refractivity contribution in [2.75, 3.05) is 20.8 Å². The van der Waals surface area contributed by atoms with Gasteiger partial charge in [0.2, 0.25) is 11.8 Å². The second-order valence-corrected chi connectivity index (χ2v) is 9.84. The summed E-state index contributed by atoms with van der Waals surface area (Å²) in [6.45, 7) is 4.45. The Morgan fingerprint density at radius 2 is 1.75 bits per heavy atom. The highest BCUT2D eigenvalue weighted by atomic mass is 19.1. The van der Waals surface area contributed by atoms with Crippen LogP contribution < -0.4 is 14.8 Å². The number of halogens is 1. The van der Waals surface area contributed by atoms with Crippen LogP contribution in [0.25, 0.3) is 11.0 Å². The van der Waals surface area contributed by atoms with Gasteiger partial charge in [-0.05, 0) is 48.2 Å². The summed E-state index contributed by atoms with van der Waals surface area (Å²) < 4.78 is 26.4. The number of carbonyl (C=O) groups excluding carboxylic acids is 2. The number of nitrogens with one attached hydrogen (secondary N) is 1. The Morgan fingerprint density at radius 3 is 2.45 bits per heavy atom. The number of amides is 2. The Bertz CT molecular complexity index is 1450. The van der Waals surface area contributed by atoms with Gasteiger partial charge >= 0.3 is 0 Å². The molecule has 10 heteroatoms. The van der Waals surface area contributed by atoms with Crippen LogP contribution in [0.15, 0.2) is 66.7 Å². The summed E-state index contributed by atoms with van der Waals surface area (Å²) in [6.07, 6.45) is 0.768. The number of hydrogen-bond acceptors (Lipinski definition) is 6. The average Bonchev–Trinajstić information content (AvgIpc) is 3.35. The Hall–Kier alpha value is -4.47. The zero-order valence-corrected chi connectivity index (χ0v) is 23.1. The van der Waals surface area contributed by atoms with E-state index in [1.807, 2.05) is 24.3 Å². The number of nitrogens with zero attached hydrogens (tertiary/aromatic N) is 4. The average molecular weight is 548 g/mol. The van der Waals surface area contributed by atoms with E-state index in [-0.39, 0.29) is 24.9 Å². The number of fused-ring (bicyclic) bond motifs is 1. The molecule has 4 rings (SSSR count). The molecule has 40 heavy (non-hydrogen) atoms. The van der Waals surface area contributed by atoms with Crippen LogP contribution in [0, 0.1) is 11.7 Å². The molecule has 1 atom stereocenters. The number of ether oxygens (including phenoxy) is 2. The third kappa shape index (κ3) is 6.56. The van der Waals surface area contributed by atoms with E-state index in [0.717, 1.165) is 6.42 Å². The maximum Gasteiger partial charge on any atom is 0.247 e. The van der Waals surface area contributed by atoms with Gasteiger partial charge < -0.3 is 19.7 Å². The molecule has 2 amide bonds. The van der Waals surface area contributed by atoms with Crippen molar-refractivity contribution in [3.8, 4) is 11.5 Å². The number of aromatic nitrogens is 3. The maximum atomic E-state index is 14.1. The molecule has 0 fully saturated rings. The van der Waals surface area contributed by atoms with Crippen LogP contribution in [-0.2, 0) is 22.7 Å². The minimum atomic E-state index is -1.08. The van der Waals surface area contributed by atoms with Crippen molar-refractivity contribution in [1.29, 1.82) is 0 Å². The standard InChI is InChI=1S/C30H34FN5O4/c1-20(2)16-17-32-30(38)28(23-8-7-11-26(39-3)29(23)40-4)35(18-21-12-14-22(31)15-13-21)27(37)19-36-25-10-6-5-9-24(25)33-34-36/h5-15,20,28H,16-19H2,1-4H3,(H,32,38)/t28-/m1/s1. The molecule has 0 saturated carbocycles. The van der Waals surface area contributed by atoms with Gasteiger partial charge in [0.1, 0.15) is 23.9 Å². The zero-order valence-electron chi connectivity index (χ0n) is 23.1. The quantitative estimate of drug-likeness (QED) is 0.280. The molecule has 0 aliphatic carbocycles. The lowest BCUT2D eigenvalue weighted by Gasteiger charge is -2.32. The van der Waals surface area contributed by atoms with Gasteiger partial charge in [-0.25, -0.2) is 9.07 Å². The Morgan fingerprint density at radius 1 is 1.00 bits per heavy atom.